The highest BCUT2D eigenvalue weighted by molar-refractivity contribution is 7.17. The minimum Gasteiger partial charge on any atom is -0.294 e. The van der Waals surface area contributed by atoms with Crippen LogP contribution in [0.1, 0.15) is 0 Å². The molecule has 0 aliphatic heterocycles. The van der Waals surface area contributed by atoms with Crippen molar-refractivity contribution in [3.63, 3.8) is 0 Å². The zero-order valence-corrected chi connectivity index (χ0v) is 30.0. The number of hydrogen-bond acceptors (Lipinski definition) is 7. The lowest BCUT2D eigenvalue weighted by atomic mass is 10.1. The molecule has 0 amide bonds. The van der Waals surface area contributed by atoms with E-state index in [1.54, 1.807) is 23.7 Å². The first-order valence-corrected chi connectivity index (χ1v) is 18.7. The fourth-order valence-corrected chi connectivity index (χ4v) is 8.44. The molecule has 9 heteroatoms. The summed E-state index contributed by atoms with van der Waals surface area (Å²) in [5, 5.41) is 15.8. The predicted molar refractivity (Wildman–Crippen MR) is 222 cm³/mol. The molecule has 0 N–H and O–H groups in total. The molecule has 7 heterocycles. The van der Waals surface area contributed by atoms with Crippen molar-refractivity contribution < 1.29 is 0 Å². The number of para-hydroxylation sites is 2. The van der Waals surface area contributed by atoms with E-state index in [1.807, 2.05) is 48.8 Å². The van der Waals surface area contributed by atoms with Crippen LogP contribution in [-0.4, -0.2) is 39.3 Å². The second-order valence-electron chi connectivity index (χ2n) is 13.3. The number of rotatable bonds is 6. The molecule has 0 unspecified atom stereocenters. The maximum absolute atomic E-state index is 5.11. The van der Waals surface area contributed by atoms with Crippen molar-refractivity contribution in [3.8, 4) is 55.3 Å². The van der Waals surface area contributed by atoms with Crippen molar-refractivity contribution in [3.05, 3.63) is 170 Å². The quantitative estimate of drug-likeness (QED) is 0.170. The molecule has 0 saturated carbocycles. The van der Waals surface area contributed by atoms with Crippen LogP contribution in [0.4, 0.5) is 0 Å². The fourth-order valence-electron chi connectivity index (χ4n) is 7.60. The number of pyridine rings is 4. The molecule has 258 valence electrons. The van der Waals surface area contributed by atoms with Gasteiger partial charge >= 0.3 is 0 Å². The predicted octanol–water partition coefficient (Wildman–Crippen LogP) is 11.0. The first-order chi connectivity index (χ1) is 27.3. The molecule has 0 aliphatic carbocycles. The van der Waals surface area contributed by atoms with Crippen molar-refractivity contribution in [2.45, 2.75) is 0 Å². The van der Waals surface area contributed by atoms with E-state index in [9.17, 15) is 0 Å². The monoisotopic (exact) mass is 724 g/mol. The van der Waals surface area contributed by atoms with E-state index in [2.05, 4.69) is 128 Å². The van der Waals surface area contributed by atoms with E-state index in [-0.39, 0.29) is 0 Å². The van der Waals surface area contributed by atoms with Crippen LogP contribution in [0.25, 0.3) is 98.9 Å². The molecule has 55 heavy (non-hydrogen) atoms. The highest BCUT2D eigenvalue weighted by Gasteiger charge is 2.19. The Labute approximate surface area is 318 Å². The Hall–Kier alpha value is -7.36. The van der Waals surface area contributed by atoms with Gasteiger partial charge in [-0.1, -0.05) is 84.1 Å². The normalized spacial score (nSPS) is 11.6. The standard InChI is InChI=1S/C46H28N8S/c1-3-15-39-33(11-1)35-21-19-29(25-41(35)53(39)43-17-5-13-37(49-43)31-9-7-23-47-27-31)45-51-52-46(55-45)30-20-22-36-34-12-2-4-16-40(34)54(42(36)26-30)44-18-6-14-38(50-44)32-10-8-24-48-28-32/h1-28H. The molecule has 0 radical (unpaired) electrons. The SMILES string of the molecule is c1cncc(-c2cccc(-n3c4ccccc4c4ccc(-c5nnc(-c6ccc7c8ccccc8n(-c8cccc(-c9cccnc9)n8)c7c6)s5)cc43)n2)c1. The Morgan fingerprint density at radius 3 is 1.33 bits per heavy atom. The van der Waals surface area contributed by atoms with Crippen molar-refractivity contribution >= 4 is 54.9 Å². The summed E-state index contributed by atoms with van der Waals surface area (Å²) in [6.45, 7) is 0. The van der Waals surface area contributed by atoms with Crippen LogP contribution in [0, 0.1) is 0 Å². The maximum atomic E-state index is 5.11. The van der Waals surface area contributed by atoms with E-state index < -0.39 is 0 Å². The molecule has 11 rings (SSSR count). The summed E-state index contributed by atoms with van der Waals surface area (Å²) in [6, 6.07) is 50.2. The van der Waals surface area contributed by atoms with Gasteiger partial charge in [-0.2, -0.15) is 0 Å². The maximum Gasteiger partial charge on any atom is 0.148 e. The van der Waals surface area contributed by atoms with Gasteiger partial charge in [-0.3, -0.25) is 19.1 Å². The van der Waals surface area contributed by atoms with E-state index in [0.717, 1.165) is 88.1 Å². The lowest BCUT2D eigenvalue weighted by Gasteiger charge is -2.09. The number of nitrogens with zero attached hydrogens (tertiary/aromatic N) is 8. The molecule has 7 aromatic heterocycles. The third kappa shape index (κ3) is 5.20. The minimum atomic E-state index is 0.840. The third-order valence-electron chi connectivity index (χ3n) is 10.1. The van der Waals surface area contributed by atoms with Gasteiger partial charge in [0.25, 0.3) is 0 Å². The smallest absolute Gasteiger partial charge is 0.148 e. The van der Waals surface area contributed by atoms with Crippen molar-refractivity contribution in [1.29, 1.82) is 0 Å². The zero-order valence-electron chi connectivity index (χ0n) is 29.2. The van der Waals surface area contributed by atoms with Gasteiger partial charge in [-0.05, 0) is 72.8 Å². The second kappa shape index (κ2) is 12.6. The average molecular weight is 725 g/mol. The summed E-state index contributed by atoms with van der Waals surface area (Å²) in [5.41, 5.74) is 9.96. The van der Waals surface area contributed by atoms with Crippen LogP contribution in [0.5, 0.6) is 0 Å². The minimum absolute atomic E-state index is 0.840. The van der Waals surface area contributed by atoms with Crippen molar-refractivity contribution in [2.75, 3.05) is 0 Å². The lowest BCUT2D eigenvalue weighted by molar-refractivity contribution is 1.08. The van der Waals surface area contributed by atoms with E-state index in [1.165, 1.54) is 10.8 Å². The molecule has 0 spiro atoms. The number of benzene rings is 4. The summed E-state index contributed by atoms with van der Waals surface area (Å²) >= 11 is 1.59. The summed E-state index contributed by atoms with van der Waals surface area (Å²) < 4.78 is 4.47. The Bertz CT molecular complexity index is 3000. The van der Waals surface area contributed by atoms with E-state index in [4.69, 9.17) is 20.2 Å². The molecular formula is C46H28N8S. The molecule has 4 aromatic carbocycles. The number of fused-ring (bicyclic) bond motifs is 6. The van der Waals surface area contributed by atoms with Crippen LogP contribution in [0.3, 0.4) is 0 Å². The average Bonchev–Trinajstić information content (AvgIpc) is 3.97. The van der Waals surface area contributed by atoms with Crippen molar-refractivity contribution in [1.82, 2.24) is 39.3 Å². The van der Waals surface area contributed by atoms with Gasteiger partial charge < -0.3 is 0 Å². The summed E-state index contributed by atoms with van der Waals surface area (Å²) in [5.74, 6) is 1.68. The van der Waals surface area contributed by atoms with Gasteiger partial charge in [0.2, 0.25) is 0 Å². The molecular weight excluding hydrogens is 697 g/mol. The Kier molecular flexibility index (Phi) is 7.17. The summed E-state index contributed by atoms with van der Waals surface area (Å²) in [4.78, 5) is 18.8. The van der Waals surface area contributed by atoms with Gasteiger partial charge in [0, 0.05) is 68.6 Å². The first-order valence-electron chi connectivity index (χ1n) is 17.9. The van der Waals surface area contributed by atoms with E-state index >= 15 is 0 Å². The zero-order chi connectivity index (χ0) is 36.3. The molecule has 0 fully saturated rings. The Morgan fingerprint density at radius 2 is 0.855 bits per heavy atom. The Morgan fingerprint density at radius 1 is 0.382 bits per heavy atom. The van der Waals surface area contributed by atoms with E-state index in [0.29, 0.717) is 0 Å². The molecule has 0 aliphatic rings. The van der Waals surface area contributed by atoms with Crippen LogP contribution in [0.2, 0.25) is 0 Å². The second-order valence-corrected chi connectivity index (χ2v) is 14.3. The lowest BCUT2D eigenvalue weighted by Crippen LogP contribution is -1.98. The Balaban J connectivity index is 1.02. The van der Waals surface area contributed by atoms with Gasteiger partial charge in [0.05, 0.1) is 33.5 Å². The highest BCUT2D eigenvalue weighted by atomic mass is 32.1. The van der Waals surface area contributed by atoms with Crippen molar-refractivity contribution in [2.24, 2.45) is 0 Å². The number of hydrogen-bond donors (Lipinski definition) is 0. The summed E-state index contributed by atoms with van der Waals surface area (Å²) in [6.07, 6.45) is 7.25. The molecule has 8 nitrogen and oxygen atoms in total. The van der Waals surface area contributed by atoms with Crippen LogP contribution >= 0.6 is 11.3 Å². The summed E-state index contributed by atoms with van der Waals surface area (Å²) in [7, 11) is 0. The first kappa shape index (κ1) is 31.2. The van der Waals surface area contributed by atoms with Gasteiger partial charge in [-0.15, -0.1) is 10.2 Å². The molecule has 0 bridgehead atoms. The van der Waals surface area contributed by atoms with Gasteiger partial charge in [-0.25, -0.2) is 9.97 Å². The highest BCUT2D eigenvalue weighted by Crippen LogP contribution is 2.39. The number of aromatic nitrogens is 8. The third-order valence-corrected chi connectivity index (χ3v) is 11.1. The van der Waals surface area contributed by atoms with Gasteiger partial charge in [0.15, 0.2) is 0 Å². The topological polar surface area (TPSA) is 87.2 Å². The van der Waals surface area contributed by atoms with Crippen LogP contribution in [-0.2, 0) is 0 Å². The fraction of sp³-hybridized carbons (Fsp3) is 0. The van der Waals surface area contributed by atoms with Gasteiger partial charge in [0.1, 0.15) is 21.7 Å². The van der Waals surface area contributed by atoms with Crippen LogP contribution < -0.4 is 0 Å². The molecule has 0 saturated heterocycles. The molecule has 0 atom stereocenters. The largest absolute Gasteiger partial charge is 0.294 e. The molecule has 11 aromatic rings. The van der Waals surface area contributed by atoms with Crippen LogP contribution in [0.15, 0.2) is 170 Å².